The number of aromatic nitrogens is 1. The van der Waals surface area contributed by atoms with Crippen LogP contribution in [0, 0.1) is 0 Å². The minimum absolute atomic E-state index is 0.562. The minimum Gasteiger partial charge on any atom is -0.439 e. The predicted octanol–water partition coefficient (Wildman–Crippen LogP) is 2.30. The van der Waals surface area contributed by atoms with Crippen LogP contribution in [-0.4, -0.2) is 11.2 Å². The first kappa shape index (κ1) is 7.15. The molecular weight excluding hydrogens is 202 g/mol. The second kappa shape index (κ2) is 3.27. The average Bonchev–Trinajstić information content (AvgIpc) is 2.17. The lowest BCUT2D eigenvalue weighted by molar-refractivity contribution is 0.528. The molecular formula is C5H6BrNOS. The first-order valence-electron chi connectivity index (χ1n) is 2.42. The topological polar surface area (TPSA) is 26.0 Å². The van der Waals surface area contributed by atoms with E-state index >= 15 is 0 Å². The van der Waals surface area contributed by atoms with E-state index in [0.717, 1.165) is 11.4 Å². The van der Waals surface area contributed by atoms with Gasteiger partial charge in [0.05, 0.1) is 5.69 Å². The van der Waals surface area contributed by atoms with Crippen LogP contribution in [0.25, 0.3) is 0 Å². The van der Waals surface area contributed by atoms with Crippen LogP contribution in [-0.2, 0) is 5.75 Å². The van der Waals surface area contributed by atoms with Crippen LogP contribution in [0.3, 0.4) is 0 Å². The zero-order valence-corrected chi connectivity index (χ0v) is 7.33. The highest BCUT2D eigenvalue weighted by Gasteiger charge is 1.97. The summed E-state index contributed by atoms with van der Waals surface area (Å²) in [5, 5.41) is 0. The molecule has 1 aromatic heterocycles. The maximum Gasteiger partial charge on any atom is 0.264 e. The minimum atomic E-state index is 0.562. The van der Waals surface area contributed by atoms with Crippen molar-refractivity contribution >= 4 is 27.7 Å². The average molecular weight is 208 g/mol. The summed E-state index contributed by atoms with van der Waals surface area (Å²) in [4.78, 5) is 4.59. The molecule has 9 heavy (non-hydrogen) atoms. The maximum atomic E-state index is 4.91. The first-order valence-corrected chi connectivity index (χ1v) is 4.60. The molecule has 1 rings (SSSR count). The third-order valence-electron chi connectivity index (χ3n) is 0.816. The van der Waals surface area contributed by atoms with E-state index in [9.17, 15) is 0 Å². The summed E-state index contributed by atoms with van der Waals surface area (Å²) in [6.07, 6.45) is 3.68. The lowest BCUT2D eigenvalue weighted by Gasteiger charge is -1.83. The number of nitrogens with zero attached hydrogens (tertiary/aromatic N) is 1. The van der Waals surface area contributed by atoms with Gasteiger partial charge in [0, 0.05) is 21.7 Å². The van der Waals surface area contributed by atoms with Gasteiger partial charge in [0.2, 0.25) is 0 Å². The van der Waals surface area contributed by atoms with Gasteiger partial charge in [-0.3, -0.25) is 0 Å². The van der Waals surface area contributed by atoms with Gasteiger partial charge < -0.3 is 4.42 Å². The SMILES string of the molecule is CSCc1coc(Br)n1. The van der Waals surface area contributed by atoms with E-state index in [1.807, 2.05) is 6.26 Å². The van der Waals surface area contributed by atoms with Crippen molar-refractivity contribution in [2.24, 2.45) is 0 Å². The van der Waals surface area contributed by atoms with E-state index in [1.165, 1.54) is 0 Å². The second-order valence-electron chi connectivity index (χ2n) is 1.52. The van der Waals surface area contributed by atoms with E-state index in [0.29, 0.717) is 4.80 Å². The fraction of sp³-hybridized carbons (Fsp3) is 0.400. The summed E-state index contributed by atoms with van der Waals surface area (Å²) >= 11 is 4.84. The van der Waals surface area contributed by atoms with Gasteiger partial charge in [-0.25, -0.2) is 4.98 Å². The van der Waals surface area contributed by atoms with Crippen LogP contribution in [0.4, 0.5) is 0 Å². The van der Waals surface area contributed by atoms with Crippen molar-refractivity contribution < 1.29 is 4.42 Å². The van der Waals surface area contributed by atoms with Crippen LogP contribution < -0.4 is 0 Å². The molecule has 1 aromatic rings. The number of hydrogen-bond acceptors (Lipinski definition) is 3. The van der Waals surface area contributed by atoms with Crippen LogP contribution in [0.5, 0.6) is 0 Å². The Balaban J connectivity index is 2.61. The smallest absolute Gasteiger partial charge is 0.264 e. The number of hydrogen-bond donors (Lipinski definition) is 0. The summed E-state index contributed by atoms with van der Waals surface area (Å²) in [7, 11) is 0. The van der Waals surface area contributed by atoms with Gasteiger partial charge in [-0.2, -0.15) is 11.8 Å². The molecule has 0 aliphatic heterocycles. The van der Waals surface area contributed by atoms with Gasteiger partial charge in [-0.1, -0.05) is 0 Å². The second-order valence-corrected chi connectivity index (χ2v) is 3.07. The van der Waals surface area contributed by atoms with Crippen molar-refractivity contribution in [3.63, 3.8) is 0 Å². The molecule has 0 fully saturated rings. The maximum absolute atomic E-state index is 4.91. The molecule has 2 nitrogen and oxygen atoms in total. The van der Waals surface area contributed by atoms with Crippen LogP contribution in [0.15, 0.2) is 15.5 Å². The normalized spacial score (nSPS) is 10.0. The fourth-order valence-electron chi connectivity index (χ4n) is 0.496. The van der Waals surface area contributed by atoms with Crippen molar-refractivity contribution in [2.45, 2.75) is 5.75 Å². The molecule has 0 saturated heterocycles. The largest absolute Gasteiger partial charge is 0.439 e. The van der Waals surface area contributed by atoms with Crippen LogP contribution in [0.2, 0.25) is 0 Å². The van der Waals surface area contributed by atoms with Gasteiger partial charge in [0.25, 0.3) is 4.80 Å². The van der Waals surface area contributed by atoms with Crippen molar-refractivity contribution in [3.05, 3.63) is 16.8 Å². The number of rotatable bonds is 2. The highest BCUT2D eigenvalue weighted by Crippen LogP contribution is 2.12. The van der Waals surface area contributed by atoms with Crippen LogP contribution >= 0.6 is 27.7 Å². The van der Waals surface area contributed by atoms with Crippen molar-refractivity contribution in [1.29, 1.82) is 0 Å². The molecule has 0 radical (unpaired) electrons. The van der Waals surface area contributed by atoms with Gasteiger partial charge in [-0.15, -0.1) is 0 Å². The summed E-state index contributed by atoms with van der Waals surface area (Å²) < 4.78 is 4.91. The molecule has 4 heteroatoms. The first-order chi connectivity index (χ1) is 4.33. The zero-order chi connectivity index (χ0) is 6.69. The number of oxazole rings is 1. The van der Waals surface area contributed by atoms with E-state index in [-0.39, 0.29) is 0 Å². The van der Waals surface area contributed by atoms with E-state index in [4.69, 9.17) is 4.42 Å². The van der Waals surface area contributed by atoms with Gasteiger partial charge in [0.1, 0.15) is 6.26 Å². The lowest BCUT2D eigenvalue weighted by atomic mass is 10.6. The summed E-state index contributed by atoms with van der Waals surface area (Å²) in [6.45, 7) is 0. The molecule has 0 N–H and O–H groups in total. The standard InChI is InChI=1S/C5H6BrNOS/c1-9-3-4-2-8-5(6)7-4/h2H,3H2,1H3. The molecule has 0 bridgehead atoms. The fourth-order valence-corrected chi connectivity index (χ4v) is 1.25. The Morgan fingerprint density at radius 3 is 3.11 bits per heavy atom. The zero-order valence-electron chi connectivity index (χ0n) is 4.93. The van der Waals surface area contributed by atoms with E-state index < -0.39 is 0 Å². The molecule has 0 amide bonds. The van der Waals surface area contributed by atoms with E-state index in [2.05, 4.69) is 20.9 Å². The Hall–Kier alpha value is 0.0400. The van der Waals surface area contributed by atoms with Crippen molar-refractivity contribution in [1.82, 2.24) is 4.98 Å². The third kappa shape index (κ3) is 2.02. The molecule has 0 spiro atoms. The number of thioether (sulfide) groups is 1. The van der Waals surface area contributed by atoms with E-state index in [1.54, 1.807) is 18.0 Å². The molecule has 0 unspecified atom stereocenters. The van der Waals surface area contributed by atoms with Crippen LogP contribution in [0.1, 0.15) is 5.69 Å². The summed E-state index contributed by atoms with van der Waals surface area (Å²) in [6, 6.07) is 0. The van der Waals surface area contributed by atoms with Crippen molar-refractivity contribution in [2.75, 3.05) is 6.26 Å². The Kier molecular flexibility index (Phi) is 2.60. The molecule has 50 valence electrons. The summed E-state index contributed by atoms with van der Waals surface area (Å²) in [5.41, 5.74) is 0.981. The monoisotopic (exact) mass is 207 g/mol. The predicted molar refractivity (Wildman–Crippen MR) is 41.4 cm³/mol. The Labute approximate surface area is 66.2 Å². The van der Waals surface area contributed by atoms with Gasteiger partial charge >= 0.3 is 0 Å². The molecule has 0 aliphatic rings. The number of halogens is 1. The quantitative estimate of drug-likeness (QED) is 0.745. The Morgan fingerprint density at radius 1 is 1.89 bits per heavy atom. The van der Waals surface area contributed by atoms with Gasteiger partial charge in [0.15, 0.2) is 0 Å². The van der Waals surface area contributed by atoms with Crippen molar-refractivity contribution in [3.8, 4) is 0 Å². The highest BCUT2D eigenvalue weighted by molar-refractivity contribution is 9.10. The molecule has 0 saturated carbocycles. The lowest BCUT2D eigenvalue weighted by Crippen LogP contribution is -1.75. The Morgan fingerprint density at radius 2 is 2.67 bits per heavy atom. The third-order valence-corrected chi connectivity index (χ3v) is 1.76. The molecule has 0 aliphatic carbocycles. The highest BCUT2D eigenvalue weighted by atomic mass is 79.9. The molecule has 0 atom stereocenters. The molecule has 0 aromatic carbocycles. The molecule has 1 heterocycles. The Bertz CT molecular complexity index is 189. The van der Waals surface area contributed by atoms with Gasteiger partial charge in [-0.05, 0) is 6.26 Å². The summed E-state index contributed by atoms with van der Waals surface area (Å²) in [5.74, 6) is 0.912.